The minimum absolute atomic E-state index is 0.000724. The number of anilines is 1. The van der Waals surface area contributed by atoms with Crippen LogP contribution in [0.3, 0.4) is 0 Å². The summed E-state index contributed by atoms with van der Waals surface area (Å²) in [6.07, 6.45) is 6.69. The molecule has 0 aromatic heterocycles. The highest BCUT2D eigenvalue weighted by atomic mass is 32.2. The molecule has 0 heterocycles. The van der Waals surface area contributed by atoms with Crippen molar-refractivity contribution in [3.63, 3.8) is 0 Å². The first-order valence-electron chi connectivity index (χ1n) is 6.96. The number of carbonyl (C=O) groups is 2. The lowest BCUT2D eigenvalue weighted by Gasteiger charge is -2.23. The van der Waals surface area contributed by atoms with Gasteiger partial charge in [-0.1, -0.05) is 18.2 Å². The molecule has 2 aliphatic rings. The predicted molar refractivity (Wildman–Crippen MR) is 82.2 cm³/mol. The molecule has 0 unspecified atom stereocenters. The van der Waals surface area contributed by atoms with E-state index in [1.807, 2.05) is 42.7 Å². The van der Waals surface area contributed by atoms with Crippen LogP contribution in [-0.4, -0.2) is 23.2 Å². The fourth-order valence-electron chi connectivity index (χ4n) is 3.44. The summed E-state index contributed by atoms with van der Waals surface area (Å²) in [6, 6.07) is 7.59. The summed E-state index contributed by atoms with van der Waals surface area (Å²) in [6.45, 7) is 0. The molecule has 2 N–H and O–H groups in total. The van der Waals surface area contributed by atoms with E-state index in [0.29, 0.717) is 0 Å². The number of allylic oxidation sites excluding steroid dienone is 2. The Morgan fingerprint density at radius 1 is 1.24 bits per heavy atom. The third-order valence-corrected chi connectivity index (χ3v) is 5.11. The van der Waals surface area contributed by atoms with E-state index in [1.54, 1.807) is 11.8 Å². The summed E-state index contributed by atoms with van der Waals surface area (Å²) in [5.74, 6) is -2.05. The van der Waals surface area contributed by atoms with Crippen molar-refractivity contribution >= 4 is 29.3 Å². The molecule has 0 radical (unpaired) electrons. The Kier molecular flexibility index (Phi) is 3.76. The molecule has 0 saturated heterocycles. The number of thioether (sulfide) groups is 1. The van der Waals surface area contributed by atoms with Crippen molar-refractivity contribution in [2.75, 3.05) is 11.6 Å². The van der Waals surface area contributed by atoms with Crippen molar-refractivity contribution in [3.05, 3.63) is 36.4 Å². The maximum Gasteiger partial charge on any atom is 0.307 e. The maximum absolute atomic E-state index is 12.5. The number of carboxylic acids is 1. The van der Waals surface area contributed by atoms with Crippen molar-refractivity contribution in [2.45, 2.75) is 11.3 Å². The normalized spacial score (nSPS) is 29.6. The van der Waals surface area contributed by atoms with Crippen LogP contribution >= 0.6 is 11.8 Å². The van der Waals surface area contributed by atoms with Gasteiger partial charge < -0.3 is 10.4 Å². The van der Waals surface area contributed by atoms with E-state index in [4.69, 9.17) is 0 Å². The highest BCUT2D eigenvalue weighted by Crippen LogP contribution is 2.48. The zero-order valence-electron chi connectivity index (χ0n) is 11.7. The number of hydrogen-bond acceptors (Lipinski definition) is 3. The molecule has 1 aromatic rings. The molecule has 0 aliphatic heterocycles. The van der Waals surface area contributed by atoms with Crippen molar-refractivity contribution in [1.29, 1.82) is 0 Å². The van der Waals surface area contributed by atoms with E-state index in [-0.39, 0.29) is 17.7 Å². The van der Waals surface area contributed by atoms with Gasteiger partial charge in [0, 0.05) is 10.6 Å². The molecule has 0 spiro atoms. The zero-order valence-corrected chi connectivity index (χ0v) is 12.5. The molecular weight excluding hydrogens is 286 g/mol. The summed E-state index contributed by atoms with van der Waals surface area (Å²) < 4.78 is 0. The van der Waals surface area contributed by atoms with Gasteiger partial charge in [0.05, 0.1) is 11.8 Å². The van der Waals surface area contributed by atoms with Crippen LogP contribution in [0.15, 0.2) is 41.3 Å². The van der Waals surface area contributed by atoms with Crippen LogP contribution in [0.5, 0.6) is 0 Å². The molecule has 2 aliphatic carbocycles. The van der Waals surface area contributed by atoms with Crippen molar-refractivity contribution in [1.82, 2.24) is 0 Å². The summed E-state index contributed by atoms with van der Waals surface area (Å²) in [5, 5.41) is 12.3. The maximum atomic E-state index is 12.5. The molecule has 4 nitrogen and oxygen atoms in total. The number of carboxylic acid groups (broad SMARTS) is 1. The van der Waals surface area contributed by atoms with Gasteiger partial charge in [-0.15, -0.1) is 11.8 Å². The first kappa shape index (κ1) is 14.2. The van der Waals surface area contributed by atoms with Crippen LogP contribution < -0.4 is 5.32 Å². The second-order valence-electron chi connectivity index (χ2n) is 5.56. The quantitative estimate of drug-likeness (QED) is 0.663. The Bertz CT molecular complexity index is 613. The monoisotopic (exact) mass is 303 g/mol. The van der Waals surface area contributed by atoms with Crippen molar-refractivity contribution < 1.29 is 14.7 Å². The van der Waals surface area contributed by atoms with E-state index < -0.39 is 17.8 Å². The standard InChI is InChI=1S/C16H17NO3S/c1-21-12-4-2-3-11(8-12)17-15(18)13-9-5-6-10(7-9)14(13)16(19)20/h2-6,8-10,13-14H,7H2,1H3,(H,17,18)(H,19,20)/t9-,10-,13-,14-/m0/s1. The van der Waals surface area contributed by atoms with Crippen LogP contribution in [0.2, 0.25) is 0 Å². The lowest BCUT2D eigenvalue weighted by atomic mass is 9.82. The minimum atomic E-state index is -0.870. The summed E-state index contributed by atoms with van der Waals surface area (Å²) >= 11 is 1.60. The topological polar surface area (TPSA) is 66.4 Å². The van der Waals surface area contributed by atoms with E-state index in [1.165, 1.54) is 0 Å². The summed E-state index contributed by atoms with van der Waals surface area (Å²) in [7, 11) is 0. The molecule has 21 heavy (non-hydrogen) atoms. The van der Waals surface area contributed by atoms with Gasteiger partial charge in [-0.25, -0.2) is 0 Å². The van der Waals surface area contributed by atoms with Gasteiger partial charge in [0.25, 0.3) is 0 Å². The Morgan fingerprint density at radius 2 is 1.95 bits per heavy atom. The van der Waals surface area contributed by atoms with Gasteiger partial charge in [0.1, 0.15) is 0 Å². The Labute approximate surface area is 127 Å². The van der Waals surface area contributed by atoms with Crippen LogP contribution in [0.1, 0.15) is 6.42 Å². The van der Waals surface area contributed by atoms with Gasteiger partial charge in [0.2, 0.25) is 5.91 Å². The average Bonchev–Trinajstić information content (AvgIpc) is 3.07. The predicted octanol–water partition coefficient (Wildman–Crippen LogP) is 2.87. The smallest absolute Gasteiger partial charge is 0.307 e. The average molecular weight is 303 g/mol. The molecule has 1 aromatic carbocycles. The molecule has 1 fully saturated rings. The summed E-state index contributed by atoms with van der Waals surface area (Å²) in [4.78, 5) is 25.0. The van der Waals surface area contributed by atoms with E-state index >= 15 is 0 Å². The third-order valence-electron chi connectivity index (χ3n) is 4.38. The second kappa shape index (κ2) is 5.56. The van der Waals surface area contributed by atoms with Crippen molar-refractivity contribution in [2.24, 2.45) is 23.7 Å². The Balaban J connectivity index is 1.78. The molecule has 1 amide bonds. The molecule has 3 rings (SSSR count). The van der Waals surface area contributed by atoms with Gasteiger partial charge in [0.15, 0.2) is 0 Å². The summed E-state index contributed by atoms with van der Waals surface area (Å²) in [5.41, 5.74) is 0.725. The molecule has 4 atom stereocenters. The van der Waals surface area contributed by atoms with Crippen LogP contribution in [0, 0.1) is 23.7 Å². The first-order chi connectivity index (χ1) is 10.1. The van der Waals surface area contributed by atoms with Crippen LogP contribution in [-0.2, 0) is 9.59 Å². The number of nitrogens with one attached hydrogen (secondary N) is 1. The van der Waals surface area contributed by atoms with Crippen molar-refractivity contribution in [3.8, 4) is 0 Å². The van der Waals surface area contributed by atoms with E-state index in [9.17, 15) is 14.7 Å². The lowest BCUT2D eigenvalue weighted by molar-refractivity contribution is -0.146. The van der Waals surface area contributed by atoms with E-state index in [0.717, 1.165) is 17.0 Å². The Morgan fingerprint density at radius 3 is 2.62 bits per heavy atom. The number of hydrogen-bond donors (Lipinski definition) is 2. The largest absolute Gasteiger partial charge is 0.481 e. The Hall–Kier alpha value is -1.75. The lowest BCUT2D eigenvalue weighted by Crippen LogP contribution is -2.36. The second-order valence-corrected chi connectivity index (χ2v) is 6.44. The fourth-order valence-corrected chi connectivity index (χ4v) is 3.90. The van der Waals surface area contributed by atoms with Gasteiger partial charge >= 0.3 is 5.97 Å². The number of fused-ring (bicyclic) bond motifs is 2. The highest BCUT2D eigenvalue weighted by molar-refractivity contribution is 7.98. The number of carbonyl (C=O) groups excluding carboxylic acids is 1. The third kappa shape index (κ3) is 2.58. The zero-order chi connectivity index (χ0) is 15.0. The molecule has 1 saturated carbocycles. The fraction of sp³-hybridized carbons (Fsp3) is 0.375. The number of amides is 1. The molecule has 110 valence electrons. The first-order valence-corrected chi connectivity index (χ1v) is 8.18. The number of aliphatic carboxylic acids is 1. The SMILES string of the molecule is CSc1cccc(NC(=O)[C@@H]2[C@@H](C(=O)O)[C@H]3C=C[C@H]2C3)c1. The van der Waals surface area contributed by atoms with Gasteiger partial charge in [-0.3, -0.25) is 9.59 Å². The number of benzene rings is 1. The highest BCUT2D eigenvalue weighted by Gasteiger charge is 2.51. The van der Waals surface area contributed by atoms with Gasteiger partial charge in [-0.2, -0.15) is 0 Å². The molecular formula is C16H17NO3S. The number of rotatable bonds is 4. The molecule has 2 bridgehead atoms. The van der Waals surface area contributed by atoms with E-state index in [2.05, 4.69) is 5.32 Å². The molecule has 5 heteroatoms. The minimum Gasteiger partial charge on any atom is -0.481 e. The van der Waals surface area contributed by atoms with Gasteiger partial charge in [-0.05, 0) is 42.7 Å². The van der Waals surface area contributed by atoms with Crippen LogP contribution in [0.25, 0.3) is 0 Å². The van der Waals surface area contributed by atoms with Crippen LogP contribution in [0.4, 0.5) is 5.69 Å².